The van der Waals surface area contributed by atoms with Crippen LogP contribution in [0.15, 0.2) is 36.4 Å². The molecule has 0 unspecified atom stereocenters. The molecule has 2 heterocycles. The van der Waals surface area contributed by atoms with E-state index >= 15 is 0 Å². The van der Waals surface area contributed by atoms with Crippen LogP contribution in [-0.4, -0.2) is 34.3 Å². The lowest BCUT2D eigenvalue weighted by atomic mass is 10.0. The molecule has 2 aromatic carbocycles. The van der Waals surface area contributed by atoms with Crippen LogP contribution in [0.1, 0.15) is 23.8 Å². The van der Waals surface area contributed by atoms with Crippen LogP contribution in [0.3, 0.4) is 0 Å². The third-order valence-electron chi connectivity index (χ3n) is 5.46. The van der Waals surface area contributed by atoms with Crippen molar-refractivity contribution in [1.29, 1.82) is 0 Å². The van der Waals surface area contributed by atoms with Crippen molar-refractivity contribution in [3.8, 4) is 0 Å². The van der Waals surface area contributed by atoms with Crippen molar-refractivity contribution in [1.82, 2.24) is 9.88 Å². The normalized spacial score (nSPS) is 18.8. The zero-order valence-electron chi connectivity index (χ0n) is 15.8. The molecule has 0 bridgehead atoms. The molecule has 1 aromatic heterocycles. The molecule has 2 amide bonds. The Bertz CT molecular complexity index is 1140. The predicted octanol–water partition coefficient (Wildman–Crippen LogP) is 4.73. The average molecular weight is 436 g/mol. The van der Waals surface area contributed by atoms with Crippen molar-refractivity contribution in [3.05, 3.63) is 64.6 Å². The second-order valence-corrected chi connectivity index (χ2v) is 7.61. The monoisotopic (exact) mass is 435 g/mol. The number of halogens is 4. The lowest BCUT2D eigenvalue weighted by Crippen LogP contribution is -2.39. The first kappa shape index (κ1) is 20.3. The first-order valence-corrected chi connectivity index (χ1v) is 9.68. The van der Waals surface area contributed by atoms with Crippen molar-refractivity contribution < 1.29 is 22.8 Å². The number of rotatable bonds is 3. The van der Waals surface area contributed by atoms with Crippen LogP contribution in [0.5, 0.6) is 0 Å². The van der Waals surface area contributed by atoms with Crippen molar-refractivity contribution in [2.75, 3.05) is 11.9 Å². The van der Waals surface area contributed by atoms with Gasteiger partial charge in [-0.05, 0) is 19.4 Å². The molecule has 9 heteroatoms. The summed E-state index contributed by atoms with van der Waals surface area (Å²) < 4.78 is 39.9. The summed E-state index contributed by atoms with van der Waals surface area (Å²) in [6, 6.07) is 8.19. The molecule has 0 spiro atoms. The maximum absolute atomic E-state index is 13.4. The van der Waals surface area contributed by atoms with E-state index in [0.29, 0.717) is 30.1 Å². The van der Waals surface area contributed by atoms with Gasteiger partial charge in [-0.25, -0.2) is 13.2 Å². The number of carbonyl (C=O) groups is 2. The molecule has 0 saturated carbocycles. The maximum atomic E-state index is 13.4. The molecule has 3 aromatic rings. The van der Waals surface area contributed by atoms with Gasteiger partial charge in [-0.15, -0.1) is 0 Å². The van der Waals surface area contributed by atoms with E-state index in [-0.39, 0.29) is 17.3 Å². The molecule has 2 atom stereocenters. The number of anilines is 1. The summed E-state index contributed by atoms with van der Waals surface area (Å²) in [7, 11) is 0. The van der Waals surface area contributed by atoms with Gasteiger partial charge >= 0.3 is 0 Å². The van der Waals surface area contributed by atoms with E-state index in [1.54, 1.807) is 13.0 Å². The Labute approximate surface area is 174 Å². The van der Waals surface area contributed by atoms with Crippen LogP contribution in [0.25, 0.3) is 10.9 Å². The van der Waals surface area contributed by atoms with Gasteiger partial charge in [-0.1, -0.05) is 29.8 Å². The van der Waals surface area contributed by atoms with Crippen molar-refractivity contribution in [2.45, 2.75) is 19.4 Å². The summed E-state index contributed by atoms with van der Waals surface area (Å²) in [4.78, 5) is 30.2. The van der Waals surface area contributed by atoms with Gasteiger partial charge in [-0.3, -0.25) is 9.59 Å². The van der Waals surface area contributed by atoms with Gasteiger partial charge in [0.15, 0.2) is 17.5 Å². The van der Waals surface area contributed by atoms with Gasteiger partial charge in [-0.2, -0.15) is 0 Å². The van der Waals surface area contributed by atoms with Crippen molar-refractivity contribution in [2.24, 2.45) is 5.92 Å². The minimum absolute atomic E-state index is 0.188. The third-order valence-corrected chi connectivity index (χ3v) is 5.85. The van der Waals surface area contributed by atoms with Gasteiger partial charge in [0, 0.05) is 41.3 Å². The van der Waals surface area contributed by atoms with Crippen LogP contribution < -0.4 is 5.32 Å². The fourth-order valence-electron chi connectivity index (χ4n) is 3.84. The molecule has 5 nitrogen and oxygen atoms in total. The molecule has 2 N–H and O–H groups in total. The first-order valence-electron chi connectivity index (χ1n) is 9.30. The molecular formula is C21H17ClF3N3O2. The van der Waals surface area contributed by atoms with E-state index in [0.717, 1.165) is 10.9 Å². The number of aromatic amines is 1. The number of benzene rings is 2. The largest absolute Gasteiger partial charge is 0.349 e. The number of carbonyl (C=O) groups excluding carboxylic acids is 2. The summed E-state index contributed by atoms with van der Waals surface area (Å²) in [5, 5.41) is 3.44. The number of H-pyrrole nitrogens is 1. The van der Waals surface area contributed by atoms with Gasteiger partial charge in [0.25, 0.3) is 5.91 Å². The van der Waals surface area contributed by atoms with E-state index in [9.17, 15) is 22.8 Å². The quantitative estimate of drug-likeness (QED) is 0.584. The molecule has 156 valence electrons. The Hall–Kier alpha value is -3.00. The number of nitrogens with one attached hydrogen (secondary N) is 2. The average Bonchev–Trinajstić information content (AvgIpc) is 3.26. The van der Waals surface area contributed by atoms with Gasteiger partial charge in [0.05, 0.1) is 10.9 Å². The number of amides is 2. The molecule has 0 radical (unpaired) electrons. The number of hydrogen-bond acceptors (Lipinski definition) is 2. The predicted molar refractivity (Wildman–Crippen MR) is 107 cm³/mol. The number of nitrogens with zero attached hydrogens (tertiary/aromatic N) is 1. The van der Waals surface area contributed by atoms with E-state index < -0.39 is 35.3 Å². The SMILES string of the molecule is C[C@H]1[C@@H](C(=O)Nc2cc(F)c(F)c(F)c2)CCN1C(=O)c1[nH]c2ccccc2c1Cl. The molecule has 30 heavy (non-hydrogen) atoms. The van der Waals surface area contributed by atoms with Crippen LogP contribution in [0.2, 0.25) is 5.02 Å². The highest BCUT2D eigenvalue weighted by Crippen LogP contribution is 2.32. The summed E-state index contributed by atoms with van der Waals surface area (Å²) >= 11 is 6.37. The van der Waals surface area contributed by atoms with Gasteiger partial charge in [0.2, 0.25) is 5.91 Å². The van der Waals surface area contributed by atoms with E-state index in [1.807, 2.05) is 18.2 Å². The Balaban J connectivity index is 1.51. The Morgan fingerprint density at radius 3 is 2.50 bits per heavy atom. The standard InChI is InChI=1S/C21H17ClF3N3O2/c1-10-12(20(29)26-11-8-14(23)18(25)15(24)9-11)6-7-28(10)21(30)19-17(22)13-4-2-3-5-16(13)27-19/h2-5,8-10,12,27H,6-7H2,1H3,(H,26,29)/t10-,12-/m0/s1. The lowest BCUT2D eigenvalue weighted by molar-refractivity contribution is -0.120. The summed E-state index contributed by atoms with van der Waals surface area (Å²) in [5.74, 6) is -5.84. The highest BCUT2D eigenvalue weighted by atomic mass is 35.5. The summed E-state index contributed by atoms with van der Waals surface area (Å²) in [6.45, 7) is 2.04. The van der Waals surface area contributed by atoms with E-state index in [1.165, 1.54) is 4.90 Å². The molecule has 4 rings (SSSR count). The first-order chi connectivity index (χ1) is 14.3. The second-order valence-electron chi connectivity index (χ2n) is 7.24. The molecule has 1 aliphatic heterocycles. The topological polar surface area (TPSA) is 65.2 Å². The Morgan fingerprint density at radius 1 is 1.17 bits per heavy atom. The fraction of sp³-hybridized carbons (Fsp3) is 0.238. The second kappa shape index (κ2) is 7.68. The smallest absolute Gasteiger partial charge is 0.272 e. The minimum Gasteiger partial charge on any atom is -0.349 e. The molecule has 1 aliphatic rings. The lowest BCUT2D eigenvalue weighted by Gasteiger charge is -2.24. The van der Waals surface area contributed by atoms with Crippen LogP contribution in [0, 0.1) is 23.4 Å². The van der Waals surface area contributed by atoms with Crippen LogP contribution in [-0.2, 0) is 4.79 Å². The number of para-hydroxylation sites is 1. The minimum atomic E-state index is -1.60. The number of aromatic nitrogens is 1. The summed E-state index contributed by atoms with van der Waals surface area (Å²) in [6.07, 6.45) is 0.364. The highest BCUT2D eigenvalue weighted by Gasteiger charge is 2.39. The van der Waals surface area contributed by atoms with Gasteiger partial charge in [0.1, 0.15) is 5.69 Å². The van der Waals surface area contributed by atoms with Crippen molar-refractivity contribution in [3.63, 3.8) is 0 Å². The number of hydrogen-bond donors (Lipinski definition) is 2. The zero-order chi connectivity index (χ0) is 21.6. The van der Waals surface area contributed by atoms with Crippen LogP contribution in [0.4, 0.5) is 18.9 Å². The molecule has 0 aliphatic carbocycles. The van der Waals surface area contributed by atoms with E-state index in [4.69, 9.17) is 11.6 Å². The zero-order valence-corrected chi connectivity index (χ0v) is 16.6. The Morgan fingerprint density at radius 2 is 1.83 bits per heavy atom. The molecule has 1 fully saturated rings. The van der Waals surface area contributed by atoms with Crippen molar-refractivity contribution >= 4 is 40.0 Å². The number of fused-ring (bicyclic) bond motifs is 1. The Kier molecular flexibility index (Phi) is 5.19. The third kappa shape index (κ3) is 3.41. The van der Waals surface area contributed by atoms with Crippen LogP contribution >= 0.6 is 11.6 Å². The fourth-order valence-corrected chi connectivity index (χ4v) is 4.13. The number of likely N-dealkylation sites (tertiary alicyclic amines) is 1. The molecule has 1 saturated heterocycles. The summed E-state index contributed by atoms with van der Waals surface area (Å²) in [5.41, 5.74) is 0.785. The van der Waals surface area contributed by atoms with E-state index in [2.05, 4.69) is 10.3 Å². The van der Waals surface area contributed by atoms with Gasteiger partial charge < -0.3 is 15.2 Å². The maximum Gasteiger partial charge on any atom is 0.272 e. The molecular weight excluding hydrogens is 419 g/mol. The highest BCUT2D eigenvalue weighted by molar-refractivity contribution is 6.38.